The number of alkyl carbamates (subject to hydrolysis) is 1. The van der Waals surface area contributed by atoms with Crippen molar-refractivity contribution in [3.05, 3.63) is 65.2 Å². The Bertz CT molecular complexity index is 779. The summed E-state index contributed by atoms with van der Waals surface area (Å²) in [4.78, 5) is 23.1. The van der Waals surface area contributed by atoms with E-state index in [2.05, 4.69) is 5.32 Å². The minimum atomic E-state index is -1.52. The summed E-state index contributed by atoms with van der Waals surface area (Å²) < 4.78 is 9.96. The van der Waals surface area contributed by atoms with E-state index in [4.69, 9.17) is 9.47 Å². The van der Waals surface area contributed by atoms with Crippen LogP contribution in [-0.2, 0) is 11.3 Å². The Morgan fingerprint density at radius 1 is 1.11 bits per heavy atom. The van der Waals surface area contributed by atoms with Gasteiger partial charge in [-0.2, -0.15) is 0 Å². The van der Waals surface area contributed by atoms with Gasteiger partial charge in [-0.15, -0.1) is 0 Å². The summed E-state index contributed by atoms with van der Waals surface area (Å²) in [6.07, 6.45) is -3.71. The summed E-state index contributed by atoms with van der Waals surface area (Å²) in [5.74, 6) is -0.967. The summed E-state index contributed by atoms with van der Waals surface area (Å²) in [6.45, 7) is -0.257. The monoisotopic (exact) mass is 375 g/mol. The van der Waals surface area contributed by atoms with Crippen LogP contribution in [0.15, 0.2) is 48.5 Å². The Balaban J connectivity index is 1.92. The third-order valence-corrected chi connectivity index (χ3v) is 3.84. The van der Waals surface area contributed by atoms with Gasteiger partial charge < -0.3 is 30.1 Å². The number of ether oxygens (including phenoxy) is 2. The number of carboxylic acid groups (broad SMARTS) is 1. The van der Waals surface area contributed by atoms with Crippen LogP contribution in [0.25, 0.3) is 0 Å². The van der Waals surface area contributed by atoms with Crippen LogP contribution in [0.2, 0.25) is 0 Å². The number of hydrogen-bond acceptors (Lipinski definition) is 6. The third kappa shape index (κ3) is 5.70. The fraction of sp³-hybridized carbons (Fsp3) is 0.263. The standard InChI is InChI=1S/C19H21NO7/c1-26-13-7-8-14(15(9-13)18(23)24)17(22)16(21)10-20-19(25)27-11-12-5-3-2-4-6-12/h2-9,16-17,21-22H,10-11H2,1H3,(H,20,25)(H,23,24). The zero-order valence-corrected chi connectivity index (χ0v) is 14.7. The van der Waals surface area contributed by atoms with Crippen LogP contribution in [0.3, 0.4) is 0 Å². The molecular formula is C19H21NO7. The number of aromatic carboxylic acids is 1. The molecular weight excluding hydrogens is 354 g/mol. The molecule has 2 atom stereocenters. The smallest absolute Gasteiger partial charge is 0.407 e. The van der Waals surface area contributed by atoms with Gasteiger partial charge in [0.1, 0.15) is 24.6 Å². The summed E-state index contributed by atoms with van der Waals surface area (Å²) in [5.41, 5.74) is 0.611. The molecule has 27 heavy (non-hydrogen) atoms. The molecule has 0 bridgehead atoms. The van der Waals surface area contributed by atoms with E-state index in [9.17, 15) is 24.9 Å². The average Bonchev–Trinajstić information content (AvgIpc) is 2.70. The third-order valence-electron chi connectivity index (χ3n) is 3.84. The Morgan fingerprint density at radius 2 is 1.81 bits per heavy atom. The first-order chi connectivity index (χ1) is 12.9. The van der Waals surface area contributed by atoms with Crippen molar-refractivity contribution in [2.75, 3.05) is 13.7 Å². The topological polar surface area (TPSA) is 125 Å². The lowest BCUT2D eigenvalue weighted by Crippen LogP contribution is -2.36. The molecule has 4 N–H and O–H groups in total. The Hall–Kier alpha value is -3.10. The second-order valence-corrected chi connectivity index (χ2v) is 5.71. The fourth-order valence-electron chi connectivity index (χ4n) is 2.39. The first-order valence-electron chi connectivity index (χ1n) is 8.14. The highest BCUT2D eigenvalue weighted by molar-refractivity contribution is 5.90. The Labute approximate surface area is 156 Å². The van der Waals surface area contributed by atoms with Gasteiger partial charge in [0.2, 0.25) is 0 Å². The number of carboxylic acids is 1. The van der Waals surface area contributed by atoms with Gasteiger partial charge in [0.15, 0.2) is 0 Å². The molecule has 2 unspecified atom stereocenters. The molecule has 0 fully saturated rings. The van der Waals surface area contributed by atoms with Gasteiger partial charge in [-0.1, -0.05) is 36.4 Å². The lowest BCUT2D eigenvalue weighted by molar-refractivity contribution is 0.0173. The molecule has 1 amide bonds. The highest BCUT2D eigenvalue weighted by Crippen LogP contribution is 2.25. The molecule has 0 saturated heterocycles. The Kier molecular flexibility index (Phi) is 7.16. The summed E-state index contributed by atoms with van der Waals surface area (Å²) in [5, 5.41) is 32.0. The van der Waals surface area contributed by atoms with Crippen molar-refractivity contribution in [1.82, 2.24) is 5.32 Å². The van der Waals surface area contributed by atoms with Gasteiger partial charge in [-0.05, 0) is 23.3 Å². The van der Waals surface area contributed by atoms with E-state index in [0.717, 1.165) is 5.56 Å². The van der Waals surface area contributed by atoms with Crippen molar-refractivity contribution < 1.29 is 34.4 Å². The summed E-state index contributed by atoms with van der Waals surface area (Å²) in [6, 6.07) is 13.1. The fourth-order valence-corrected chi connectivity index (χ4v) is 2.39. The van der Waals surface area contributed by atoms with Crippen molar-refractivity contribution in [2.24, 2.45) is 0 Å². The SMILES string of the molecule is COc1ccc(C(O)C(O)CNC(=O)OCc2ccccc2)c(C(=O)O)c1. The maximum absolute atomic E-state index is 11.7. The van der Waals surface area contributed by atoms with E-state index in [1.165, 1.54) is 25.3 Å². The number of amides is 1. The van der Waals surface area contributed by atoms with E-state index in [1.807, 2.05) is 18.2 Å². The predicted octanol–water partition coefficient (Wildman–Crippen LogP) is 1.71. The predicted molar refractivity (Wildman–Crippen MR) is 95.5 cm³/mol. The van der Waals surface area contributed by atoms with Gasteiger partial charge in [0, 0.05) is 6.54 Å². The highest BCUT2D eigenvalue weighted by atomic mass is 16.5. The molecule has 2 rings (SSSR count). The van der Waals surface area contributed by atoms with E-state index >= 15 is 0 Å². The normalized spacial score (nSPS) is 12.7. The summed E-state index contributed by atoms with van der Waals surface area (Å²) >= 11 is 0. The van der Waals surface area contributed by atoms with Crippen molar-refractivity contribution in [1.29, 1.82) is 0 Å². The van der Waals surface area contributed by atoms with Gasteiger partial charge >= 0.3 is 12.1 Å². The lowest BCUT2D eigenvalue weighted by Gasteiger charge is -2.20. The zero-order valence-electron chi connectivity index (χ0n) is 14.7. The number of carbonyl (C=O) groups is 2. The lowest BCUT2D eigenvalue weighted by atomic mass is 9.98. The van der Waals surface area contributed by atoms with Gasteiger partial charge in [0.05, 0.1) is 12.7 Å². The van der Waals surface area contributed by atoms with Gasteiger partial charge in [-0.25, -0.2) is 9.59 Å². The van der Waals surface area contributed by atoms with Crippen LogP contribution in [-0.4, -0.2) is 47.1 Å². The molecule has 8 heteroatoms. The molecule has 0 radical (unpaired) electrons. The maximum Gasteiger partial charge on any atom is 0.407 e. The second kappa shape index (κ2) is 9.56. The van der Waals surface area contributed by atoms with E-state index in [0.29, 0.717) is 5.75 Å². The van der Waals surface area contributed by atoms with Crippen molar-refractivity contribution in [3.8, 4) is 5.75 Å². The quantitative estimate of drug-likeness (QED) is 0.553. The highest BCUT2D eigenvalue weighted by Gasteiger charge is 2.24. The molecule has 0 aromatic heterocycles. The number of methoxy groups -OCH3 is 1. The van der Waals surface area contributed by atoms with Crippen molar-refractivity contribution >= 4 is 12.1 Å². The molecule has 2 aromatic carbocycles. The number of aliphatic hydroxyl groups is 2. The molecule has 0 spiro atoms. The van der Waals surface area contributed by atoms with E-state index in [-0.39, 0.29) is 24.3 Å². The molecule has 0 aliphatic rings. The molecule has 144 valence electrons. The number of carbonyl (C=O) groups excluding carboxylic acids is 1. The van der Waals surface area contributed by atoms with Crippen LogP contribution in [0, 0.1) is 0 Å². The van der Waals surface area contributed by atoms with Crippen LogP contribution >= 0.6 is 0 Å². The van der Waals surface area contributed by atoms with Crippen molar-refractivity contribution in [2.45, 2.75) is 18.8 Å². The van der Waals surface area contributed by atoms with E-state index in [1.54, 1.807) is 12.1 Å². The minimum absolute atomic E-state index is 0.00949. The zero-order chi connectivity index (χ0) is 19.8. The first-order valence-corrected chi connectivity index (χ1v) is 8.14. The molecule has 0 saturated carbocycles. The van der Waals surface area contributed by atoms with Crippen molar-refractivity contribution in [3.63, 3.8) is 0 Å². The number of rotatable bonds is 8. The molecule has 0 heterocycles. The molecule has 0 aliphatic carbocycles. The first kappa shape index (κ1) is 20.2. The van der Waals surface area contributed by atoms with Crippen LogP contribution < -0.4 is 10.1 Å². The molecule has 8 nitrogen and oxygen atoms in total. The molecule has 2 aromatic rings. The average molecular weight is 375 g/mol. The number of benzene rings is 2. The van der Waals surface area contributed by atoms with Crippen LogP contribution in [0.5, 0.6) is 5.75 Å². The molecule has 0 aliphatic heterocycles. The van der Waals surface area contributed by atoms with Gasteiger partial charge in [-0.3, -0.25) is 0 Å². The summed E-state index contributed by atoms with van der Waals surface area (Å²) in [7, 11) is 1.39. The van der Waals surface area contributed by atoms with Gasteiger partial charge in [0.25, 0.3) is 0 Å². The number of aliphatic hydroxyl groups excluding tert-OH is 2. The van der Waals surface area contributed by atoms with Crippen LogP contribution in [0.1, 0.15) is 27.6 Å². The Morgan fingerprint density at radius 3 is 2.44 bits per heavy atom. The number of nitrogens with one attached hydrogen (secondary N) is 1. The van der Waals surface area contributed by atoms with Crippen LogP contribution in [0.4, 0.5) is 4.79 Å². The number of hydrogen-bond donors (Lipinski definition) is 4. The maximum atomic E-state index is 11.7. The minimum Gasteiger partial charge on any atom is -0.497 e. The van der Waals surface area contributed by atoms with E-state index < -0.39 is 24.3 Å². The largest absolute Gasteiger partial charge is 0.497 e. The second-order valence-electron chi connectivity index (χ2n) is 5.71.